The Morgan fingerprint density at radius 2 is 1.64 bits per heavy atom. The van der Waals surface area contributed by atoms with Crippen LogP contribution in [0.25, 0.3) is 27.9 Å². The highest BCUT2D eigenvalue weighted by molar-refractivity contribution is 6.09. The number of para-hydroxylation sites is 1. The van der Waals surface area contributed by atoms with Crippen LogP contribution >= 0.6 is 0 Å². The lowest BCUT2D eigenvalue weighted by Gasteiger charge is -2.09. The quantitative estimate of drug-likeness (QED) is 0.327. The van der Waals surface area contributed by atoms with Crippen LogP contribution in [0.15, 0.2) is 48.5 Å². The largest absolute Gasteiger partial charge is 0.481 e. The molecule has 0 aliphatic carbocycles. The highest BCUT2D eigenvalue weighted by Gasteiger charge is 2.08. The monoisotopic (exact) mass is 376 g/mol. The van der Waals surface area contributed by atoms with E-state index in [0.29, 0.717) is 6.42 Å². The van der Waals surface area contributed by atoms with E-state index in [9.17, 15) is 4.79 Å². The Hall–Kier alpha value is -2.88. The maximum Gasteiger partial charge on any atom is 0.303 e. The molecule has 0 atom stereocenters. The Labute approximate surface area is 166 Å². The van der Waals surface area contributed by atoms with E-state index in [2.05, 4.69) is 18.2 Å². The fourth-order valence-corrected chi connectivity index (χ4v) is 3.60. The third-order valence-corrected chi connectivity index (χ3v) is 5.09. The van der Waals surface area contributed by atoms with E-state index in [1.165, 1.54) is 12.8 Å². The molecule has 1 heterocycles. The van der Waals surface area contributed by atoms with Gasteiger partial charge in [0.25, 0.3) is 0 Å². The molecule has 3 aromatic rings. The zero-order chi connectivity index (χ0) is 19.8. The Kier molecular flexibility index (Phi) is 7.01. The van der Waals surface area contributed by atoms with Gasteiger partial charge >= 0.3 is 5.97 Å². The number of anilines is 1. The van der Waals surface area contributed by atoms with Crippen LogP contribution in [0.3, 0.4) is 0 Å². The van der Waals surface area contributed by atoms with Gasteiger partial charge in [0.1, 0.15) is 0 Å². The van der Waals surface area contributed by atoms with Crippen molar-refractivity contribution in [2.45, 2.75) is 51.4 Å². The van der Waals surface area contributed by atoms with Gasteiger partial charge < -0.3 is 10.8 Å². The minimum atomic E-state index is -0.692. The summed E-state index contributed by atoms with van der Waals surface area (Å²) < 4.78 is 0. The molecular weight excluding hydrogens is 348 g/mol. The van der Waals surface area contributed by atoms with Gasteiger partial charge in [-0.3, -0.25) is 4.79 Å². The van der Waals surface area contributed by atoms with E-state index in [1.807, 2.05) is 36.4 Å². The van der Waals surface area contributed by atoms with Gasteiger partial charge in [0, 0.05) is 17.2 Å². The van der Waals surface area contributed by atoms with E-state index < -0.39 is 5.97 Å². The molecule has 2 aromatic carbocycles. The number of carbonyl (C=O) groups is 1. The Bertz CT molecular complexity index is 979. The van der Waals surface area contributed by atoms with Crippen LogP contribution in [0.4, 0.5) is 5.69 Å². The number of allylic oxidation sites excluding steroid dienone is 1. The van der Waals surface area contributed by atoms with Gasteiger partial charge in [-0.2, -0.15) is 0 Å². The van der Waals surface area contributed by atoms with Crippen molar-refractivity contribution in [2.75, 3.05) is 5.73 Å². The highest BCUT2D eigenvalue weighted by Crippen LogP contribution is 2.31. The number of benzene rings is 2. The number of carboxylic acids is 1. The smallest absolute Gasteiger partial charge is 0.303 e. The number of hydrogen-bond acceptors (Lipinski definition) is 3. The zero-order valence-corrected chi connectivity index (χ0v) is 16.2. The van der Waals surface area contributed by atoms with Crippen molar-refractivity contribution in [3.63, 3.8) is 0 Å². The second-order valence-corrected chi connectivity index (χ2v) is 7.24. The van der Waals surface area contributed by atoms with Gasteiger partial charge in [0.05, 0.1) is 16.7 Å². The van der Waals surface area contributed by atoms with E-state index >= 15 is 0 Å². The summed E-state index contributed by atoms with van der Waals surface area (Å²) >= 11 is 0. The predicted octanol–water partition coefficient (Wildman–Crippen LogP) is 6.19. The first kappa shape index (κ1) is 19.9. The van der Waals surface area contributed by atoms with E-state index in [-0.39, 0.29) is 0 Å². The van der Waals surface area contributed by atoms with Crippen molar-refractivity contribution in [3.8, 4) is 0 Å². The van der Waals surface area contributed by atoms with Gasteiger partial charge in [0.2, 0.25) is 0 Å². The summed E-state index contributed by atoms with van der Waals surface area (Å²) in [6, 6.07) is 14.1. The highest BCUT2D eigenvalue weighted by atomic mass is 16.4. The minimum Gasteiger partial charge on any atom is -0.481 e. The average molecular weight is 377 g/mol. The summed E-state index contributed by atoms with van der Waals surface area (Å²) in [5.41, 5.74) is 10.2. The van der Waals surface area contributed by atoms with Gasteiger partial charge in [-0.25, -0.2) is 4.98 Å². The molecule has 0 aliphatic heterocycles. The molecule has 0 saturated carbocycles. The molecule has 0 fully saturated rings. The fraction of sp³-hybridized carbons (Fsp3) is 0.333. The lowest BCUT2D eigenvalue weighted by molar-refractivity contribution is -0.137. The first-order valence-electron chi connectivity index (χ1n) is 10.1. The first-order chi connectivity index (χ1) is 13.7. The summed E-state index contributed by atoms with van der Waals surface area (Å²) in [4.78, 5) is 15.2. The summed E-state index contributed by atoms with van der Waals surface area (Å²) in [7, 11) is 0. The maximum atomic E-state index is 10.5. The summed E-state index contributed by atoms with van der Waals surface area (Å²) in [5, 5.41) is 10.6. The molecule has 4 nitrogen and oxygen atoms in total. The minimum absolute atomic E-state index is 0.293. The third-order valence-electron chi connectivity index (χ3n) is 5.09. The molecule has 0 amide bonds. The molecule has 4 heteroatoms. The number of carboxylic acid groups (broad SMARTS) is 1. The number of unbranched alkanes of at least 4 members (excludes halogenated alkanes) is 6. The molecule has 3 rings (SSSR count). The molecule has 1 aromatic heterocycles. The molecule has 0 aliphatic rings. The van der Waals surface area contributed by atoms with Gasteiger partial charge in [0.15, 0.2) is 0 Å². The van der Waals surface area contributed by atoms with Crippen molar-refractivity contribution in [1.82, 2.24) is 4.98 Å². The normalized spacial score (nSPS) is 11.6. The number of rotatable bonds is 10. The number of aliphatic carboxylic acids is 1. The molecular formula is C24H28N2O2. The predicted molar refractivity (Wildman–Crippen MR) is 117 cm³/mol. The van der Waals surface area contributed by atoms with Crippen LogP contribution in [0.2, 0.25) is 0 Å². The molecule has 28 heavy (non-hydrogen) atoms. The van der Waals surface area contributed by atoms with Gasteiger partial charge in [-0.05, 0) is 37.0 Å². The lowest BCUT2D eigenvalue weighted by Crippen LogP contribution is -1.94. The maximum absolute atomic E-state index is 10.5. The van der Waals surface area contributed by atoms with Crippen molar-refractivity contribution in [1.29, 1.82) is 0 Å². The standard InChI is InChI=1S/C24H28N2O2/c25-24-19-14-9-10-15-20(19)26-21-16-11-13-18(23(21)24)12-7-5-3-1-2-4-6-8-17-22(27)28/h7,9-16H,1-6,8,17H2,(H2,25,26)(H,27,28). The number of aromatic nitrogens is 1. The molecule has 0 unspecified atom stereocenters. The van der Waals surface area contributed by atoms with Crippen molar-refractivity contribution in [2.24, 2.45) is 0 Å². The number of fused-ring (bicyclic) bond motifs is 2. The van der Waals surface area contributed by atoms with Crippen molar-refractivity contribution >= 4 is 39.5 Å². The van der Waals surface area contributed by atoms with Crippen LogP contribution < -0.4 is 5.73 Å². The molecule has 0 saturated heterocycles. The summed E-state index contributed by atoms with van der Waals surface area (Å²) in [5.74, 6) is -0.692. The molecule has 0 spiro atoms. The Balaban J connectivity index is 1.56. The summed E-state index contributed by atoms with van der Waals surface area (Å²) in [6.45, 7) is 0. The SMILES string of the molecule is Nc1c2ccccc2nc2cccc(C=CCCCCCCCCC(=O)O)c12. The molecule has 0 bridgehead atoms. The van der Waals surface area contributed by atoms with Crippen LogP contribution in [0.1, 0.15) is 56.9 Å². The molecule has 3 N–H and O–H groups in total. The van der Waals surface area contributed by atoms with Gasteiger partial charge in [-0.15, -0.1) is 0 Å². The number of nitrogens with zero attached hydrogens (tertiary/aromatic N) is 1. The fourth-order valence-electron chi connectivity index (χ4n) is 3.60. The number of hydrogen-bond donors (Lipinski definition) is 2. The van der Waals surface area contributed by atoms with E-state index in [4.69, 9.17) is 15.8 Å². The van der Waals surface area contributed by atoms with E-state index in [0.717, 1.165) is 65.2 Å². The molecule has 0 radical (unpaired) electrons. The van der Waals surface area contributed by atoms with E-state index in [1.54, 1.807) is 0 Å². The molecule has 146 valence electrons. The number of pyridine rings is 1. The van der Waals surface area contributed by atoms with Crippen molar-refractivity contribution < 1.29 is 9.90 Å². The second kappa shape index (κ2) is 9.88. The van der Waals surface area contributed by atoms with Gasteiger partial charge in [-0.1, -0.05) is 68.2 Å². The Morgan fingerprint density at radius 3 is 2.46 bits per heavy atom. The zero-order valence-electron chi connectivity index (χ0n) is 16.2. The van der Waals surface area contributed by atoms with Crippen molar-refractivity contribution in [3.05, 3.63) is 54.1 Å². The van der Waals surface area contributed by atoms with Crippen LogP contribution in [0.5, 0.6) is 0 Å². The third kappa shape index (κ3) is 5.10. The Morgan fingerprint density at radius 1 is 0.929 bits per heavy atom. The van der Waals surface area contributed by atoms with Crippen LogP contribution in [0, 0.1) is 0 Å². The number of nitrogens with two attached hydrogens (primary N) is 1. The lowest BCUT2D eigenvalue weighted by atomic mass is 10.0. The second-order valence-electron chi connectivity index (χ2n) is 7.24. The van der Waals surface area contributed by atoms with Crippen LogP contribution in [-0.2, 0) is 4.79 Å². The van der Waals surface area contributed by atoms with Crippen LogP contribution in [-0.4, -0.2) is 16.1 Å². The topological polar surface area (TPSA) is 76.2 Å². The average Bonchev–Trinajstić information content (AvgIpc) is 2.69. The number of nitrogen functional groups attached to an aromatic ring is 1. The summed E-state index contributed by atoms with van der Waals surface area (Å²) in [6.07, 6.45) is 12.1. The first-order valence-corrected chi connectivity index (χ1v) is 10.1.